The normalized spacial score (nSPS) is 23.3. The Bertz CT molecular complexity index is 302. The third kappa shape index (κ3) is 1.64. The zero-order chi connectivity index (χ0) is 10.2. The van der Waals surface area contributed by atoms with Gasteiger partial charge in [-0.25, -0.2) is 4.99 Å². The van der Waals surface area contributed by atoms with Gasteiger partial charge in [-0.2, -0.15) is 0 Å². The van der Waals surface area contributed by atoms with Crippen LogP contribution in [0.4, 0.5) is 0 Å². The SMILES string of the molecule is CC(=O)C1=C(C)N=C(C)N(C)C1C. The van der Waals surface area contributed by atoms with Crippen molar-refractivity contribution >= 4 is 11.6 Å². The molecule has 0 radical (unpaired) electrons. The van der Waals surface area contributed by atoms with E-state index >= 15 is 0 Å². The molecule has 0 N–H and O–H groups in total. The van der Waals surface area contributed by atoms with Gasteiger partial charge in [0, 0.05) is 18.3 Å². The van der Waals surface area contributed by atoms with E-state index in [-0.39, 0.29) is 11.8 Å². The number of hydrogen-bond donors (Lipinski definition) is 0. The standard InChI is InChI=1S/C10H16N2O/c1-6-10(8(3)13)7(2)12(5)9(4)11-6/h7H,1-5H3. The predicted molar refractivity (Wildman–Crippen MR) is 53.7 cm³/mol. The lowest BCUT2D eigenvalue weighted by molar-refractivity contribution is -0.114. The largest absolute Gasteiger partial charge is 0.356 e. The summed E-state index contributed by atoms with van der Waals surface area (Å²) in [5.41, 5.74) is 1.68. The first-order chi connectivity index (χ1) is 5.95. The van der Waals surface area contributed by atoms with Gasteiger partial charge in [0.15, 0.2) is 5.78 Å². The minimum absolute atomic E-state index is 0.119. The first-order valence-electron chi connectivity index (χ1n) is 4.45. The van der Waals surface area contributed by atoms with E-state index in [0.717, 1.165) is 17.1 Å². The molecule has 0 fully saturated rings. The summed E-state index contributed by atoms with van der Waals surface area (Å²) in [6, 6.07) is 0.148. The Kier molecular flexibility index (Phi) is 2.55. The highest BCUT2D eigenvalue weighted by Crippen LogP contribution is 2.21. The number of carbonyl (C=O) groups excluding carboxylic acids is 1. The molecule has 1 aliphatic rings. The second-order valence-corrected chi connectivity index (χ2v) is 3.50. The molecule has 72 valence electrons. The molecule has 0 amide bonds. The number of aliphatic imine (C=N–C) groups is 1. The van der Waals surface area contributed by atoms with Gasteiger partial charge < -0.3 is 4.90 Å². The zero-order valence-corrected chi connectivity index (χ0v) is 8.88. The summed E-state index contributed by atoms with van der Waals surface area (Å²) in [7, 11) is 1.96. The van der Waals surface area contributed by atoms with Gasteiger partial charge in [0.05, 0.1) is 6.04 Å². The van der Waals surface area contributed by atoms with E-state index in [9.17, 15) is 4.79 Å². The maximum Gasteiger partial charge on any atom is 0.159 e. The summed E-state index contributed by atoms with van der Waals surface area (Å²) in [5.74, 6) is 1.09. The predicted octanol–water partition coefficient (Wildman–Crippen LogP) is 1.60. The van der Waals surface area contributed by atoms with Crippen LogP contribution in [0, 0.1) is 0 Å². The van der Waals surface area contributed by atoms with Crippen LogP contribution in [0.2, 0.25) is 0 Å². The molecule has 0 saturated carbocycles. The van der Waals surface area contributed by atoms with Gasteiger partial charge >= 0.3 is 0 Å². The van der Waals surface area contributed by atoms with Crippen LogP contribution < -0.4 is 0 Å². The van der Waals surface area contributed by atoms with Crippen molar-refractivity contribution in [3.63, 3.8) is 0 Å². The molecule has 0 saturated heterocycles. The van der Waals surface area contributed by atoms with Crippen molar-refractivity contribution in [3.05, 3.63) is 11.3 Å². The molecule has 0 aliphatic carbocycles. The van der Waals surface area contributed by atoms with Gasteiger partial charge in [0.25, 0.3) is 0 Å². The summed E-state index contributed by atoms with van der Waals surface area (Å²) in [6.45, 7) is 7.47. The lowest BCUT2D eigenvalue weighted by Crippen LogP contribution is -2.39. The van der Waals surface area contributed by atoms with E-state index in [0.29, 0.717) is 0 Å². The minimum atomic E-state index is 0.119. The summed E-state index contributed by atoms with van der Waals surface area (Å²) in [6.07, 6.45) is 0. The number of nitrogens with zero attached hydrogens (tertiary/aromatic N) is 2. The third-order valence-corrected chi connectivity index (χ3v) is 2.61. The number of hydrogen-bond acceptors (Lipinski definition) is 3. The Morgan fingerprint density at radius 3 is 2.46 bits per heavy atom. The summed E-state index contributed by atoms with van der Waals surface area (Å²) in [4.78, 5) is 17.7. The Morgan fingerprint density at radius 2 is 2.00 bits per heavy atom. The third-order valence-electron chi connectivity index (χ3n) is 2.61. The Balaban J connectivity index is 3.16. The molecule has 3 nitrogen and oxygen atoms in total. The molecule has 0 bridgehead atoms. The molecule has 0 aromatic rings. The van der Waals surface area contributed by atoms with Crippen molar-refractivity contribution in [3.8, 4) is 0 Å². The van der Waals surface area contributed by atoms with E-state index in [1.807, 2.05) is 32.7 Å². The van der Waals surface area contributed by atoms with Crippen molar-refractivity contribution in [2.45, 2.75) is 33.7 Å². The second-order valence-electron chi connectivity index (χ2n) is 3.50. The molecule has 0 aromatic heterocycles. The maximum atomic E-state index is 11.3. The summed E-state index contributed by atoms with van der Waals surface area (Å²) in [5, 5.41) is 0. The Labute approximate surface area is 79.1 Å². The number of amidine groups is 1. The second kappa shape index (κ2) is 3.32. The topological polar surface area (TPSA) is 32.7 Å². The highest BCUT2D eigenvalue weighted by Gasteiger charge is 2.24. The highest BCUT2D eigenvalue weighted by atomic mass is 16.1. The van der Waals surface area contributed by atoms with Crippen LogP contribution in [0.3, 0.4) is 0 Å². The molecule has 3 heteroatoms. The summed E-state index contributed by atoms with van der Waals surface area (Å²) < 4.78 is 0. The smallest absolute Gasteiger partial charge is 0.159 e. The fourth-order valence-electron chi connectivity index (χ4n) is 1.71. The monoisotopic (exact) mass is 180 g/mol. The Morgan fingerprint density at radius 1 is 1.46 bits per heavy atom. The minimum Gasteiger partial charge on any atom is -0.356 e. The van der Waals surface area contributed by atoms with Crippen LogP contribution >= 0.6 is 0 Å². The molecular weight excluding hydrogens is 164 g/mol. The van der Waals surface area contributed by atoms with Gasteiger partial charge in [0.1, 0.15) is 5.84 Å². The molecule has 0 spiro atoms. The molecule has 1 heterocycles. The van der Waals surface area contributed by atoms with Crippen molar-refractivity contribution in [1.29, 1.82) is 0 Å². The fourth-order valence-corrected chi connectivity index (χ4v) is 1.71. The van der Waals surface area contributed by atoms with Crippen LogP contribution in [-0.2, 0) is 4.79 Å². The van der Waals surface area contributed by atoms with Crippen LogP contribution in [0.25, 0.3) is 0 Å². The molecule has 1 unspecified atom stereocenters. The van der Waals surface area contributed by atoms with Crippen LogP contribution in [0.15, 0.2) is 16.3 Å². The van der Waals surface area contributed by atoms with Gasteiger partial charge in [0.2, 0.25) is 0 Å². The van der Waals surface area contributed by atoms with Crippen LogP contribution in [0.1, 0.15) is 27.7 Å². The number of allylic oxidation sites excluding steroid dienone is 1. The lowest BCUT2D eigenvalue weighted by atomic mass is 10.00. The maximum absolute atomic E-state index is 11.3. The van der Waals surface area contributed by atoms with Gasteiger partial charge in [-0.15, -0.1) is 0 Å². The van der Waals surface area contributed by atoms with Crippen molar-refractivity contribution < 1.29 is 4.79 Å². The molecule has 1 atom stereocenters. The quantitative estimate of drug-likeness (QED) is 0.614. The first-order valence-corrected chi connectivity index (χ1v) is 4.45. The van der Waals surface area contributed by atoms with Crippen molar-refractivity contribution in [1.82, 2.24) is 4.90 Å². The van der Waals surface area contributed by atoms with E-state index in [1.54, 1.807) is 6.92 Å². The van der Waals surface area contributed by atoms with Crippen LogP contribution in [-0.4, -0.2) is 29.6 Å². The number of likely N-dealkylation sites (N-methyl/N-ethyl adjacent to an activating group) is 1. The molecule has 0 aromatic carbocycles. The van der Waals surface area contributed by atoms with Crippen molar-refractivity contribution in [2.24, 2.45) is 4.99 Å². The average Bonchev–Trinajstić information content (AvgIpc) is 1.99. The van der Waals surface area contributed by atoms with Crippen molar-refractivity contribution in [2.75, 3.05) is 7.05 Å². The fraction of sp³-hybridized carbons (Fsp3) is 0.600. The number of carbonyl (C=O) groups is 1. The highest BCUT2D eigenvalue weighted by molar-refractivity contribution is 5.98. The van der Waals surface area contributed by atoms with Crippen LogP contribution in [0.5, 0.6) is 0 Å². The summed E-state index contributed by atoms with van der Waals surface area (Å²) >= 11 is 0. The molecule has 1 aliphatic heterocycles. The average molecular weight is 180 g/mol. The van der Waals surface area contributed by atoms with Gasteiger partial charge in [-0.3, -0.25) is 4.79 Å². The number of Topliss-reactive ketones (excluding diaryl/α,β-unsaturated/α-hetero) is 1. The lowest BCUT2D eigenvalue weighted by Gasteiger charge is -2.32. The zero-order valence-electron chi connectivity index (χ0n) is 8.88. The van der Waals surface area contributed by atoms with Gasteiger partial charge in [-0.1, -0.05) is 0 Å². The van der Waals surface area contributed by atoms with E-state index in [4.69, 9.17) is 0 Å². The number of ketones is 1. The van der Waals surface area contributed by atoms with Gasteiger partial charge in [-0.05, 0) is 27.7 Å². The van der Waals surface area contributed by atoms with E-state index in [2.05, 4.69) is 4.99 Å². The molecule has 1 rings (SSSR count). The molecular formula is C10H16N2O. The Hall–Kier alpha value is -1.12. The van der Waals surface area contributed by atoms with E-state index in [1.165, 1.54) is 0 Å². The number of rotatable bonds is 1. The first kappa shape index (κ1) is 9.96. The van der Waals surface area contributed by atoms with E-state index < -0.39 is 0 Å². The molecule has 13 heavy (non-hydrogen) atoms.